The van der Waals surface area contributed by atoms with Gasteiger partial charge in [0.15, 0.2) is 17.1 Å². The number of carbonyl (C=O) groups excluding carboxylic acids is 2. The number of hydrogen-bond donors (Lipinski definition) is 1. The van der Waals surface area contributed by atoms with Gasteiger partial charge in [-0.15, -0.1) is 0 Å². The van der Waals surface area contributed by atoms with E-state index in [9.17, 15) is 14.7 Å². The molecule has 3 spiro atoms. The van der Waals surface area contributed by atoms with Crippen LogP contribution in [0.5, 0.6) is 11.5 Å². The smallest absolute Gasteiger partial charge is 0.414 e. The zero-order valence-corrected chi connectivity index (χ0v) is 20.2. The molecule has 0 unspecified atom stereocenters. The SMILES string of the molecule is COC(=O)N1c2c(ccc(OC)c2OC)[C@@]23CCN4CCC[C@]5(CC[C@@]12[C@](O)(C(=O)OC)C5)[C@H]43. The first-order chi connectivity index (χ1) is 16.3. The van der Waals surface area contributed by atoms with Gasteiger partial charge in [-0.05, 0) is 68.7 Å². The maximum absolute atomic E-state index is 13.6. The second-order valence-electron chi connectivity index (χ2n) is 10.5. The number of piperidine rings is 1. The van der Waals surface area contributed by atoms with Crippen LogP contribution >= 0.6 is 0 Å². The molecule has 0 radical (unpaired) electrons. The molecule has 5 fully saturated rings. The molecule has 1 N–H and O–H groups in total. The number of carbonyl (C=O) groups is 2. The molecule has 1 amide bonds. The van der Waals surface area contributed by atoms with E-state index in [2.05, 4.69) is 4.90 Å². The minimum absolute atomic E-state index is 0.0962. The van der Waals surface area contributed by atoms with Crippen LogP contribution in [0, 0.1) is 5.41 Å². The Morgan fingerprint density at radius 2 is 1.79 bits per heavy atom. The van der Waals surface area contributed by atoms with Crippen LogP contribution in [0.25, 0.3) is 0 Å². The van der Waals surface area contributed by atoms with Crippen molar-refractivity contribution in [1.29, 1.82) is 0 Å². The number of methoxy groups -OCH3 is 4. The monoisotopic (exact) mass is 472 g/mol. The van der Waals surface area contributed by atoms with Gasteiger partial charge >= 0.3 is 12.1 Å². The maximum atomic E-state index is 13.6. The van der Waals surface area contributed by atoms with Gasteiger partial charge in [-0.3, -0.25) is 9.80 Å². The largest absolute Gasteiger partial charge is 0.493 e. The van der Waals surface area contributed by atoms with E-state index in [4.69, 9.17) is 18.9 Å². The van der Waals surface area contributed by atoms with Gasteiger partial charge in [0.2, 0.25) is 0 Å². The number of ether oxygens (including phenoxy) is 4. The Kier molecular flexibility index (Phi) is 4.39. The number of aliphatic hydroxyl groups is 1. The minimum atomic E-state index is -1.89. The fraction of sp³-hybridized carbons (Fsp3) is 0.680. The Bertz CT molecular complexity index is 1090. The average molecular weight is 473 g/mol. The molecule has 3 aliphatic carbocycles. The maximum Gasteiger partial charge on any atom is 0.414 e. The quantitative estimate of drug-likeness (QED) is 0.669. The number of fused-ring (bicyclic) bond motifs is 3. The van der Waals surface area contributed by atoms with Crippen LogP contribution in [0.2, 0.25) is 0 Å². The Morgan fingerprint density at radius 3 is 2.47 bits per heavy atom. The lowest BCUT2D eigenvalue weighted by molar-refractivity contribution is -0.227. The number of benzene rings is 1. The summed E-state index contributed by atoms with van der Waals surface area (Å²) >= 11 is 0. The van der Waals surface area contributed by atoms with Crippen molar-refractivity contribution in [3.63, 3.8) is 0 Å². The van der Waals surface area contributed by atoms with Gasteiger partial charge < -0.3 is 24.1 Å². The topological polar surface area (TPSA) is 97.8 Å². The predicted octanol–water partition coefficient (Wildman–Crippen LogP) is 2.22. The first-order valence-electron chi connectivity index (χ1n) is 12.0. The van der Waals surface area contributed by atoms with Gasteiger partial charge in [0.1, 0.15) is 5.54 Å². The molecular weight excluding hydrogens is 440 g/mol. The third-order valence-corrected chi connectivity index (χ3v) is 9.83. The lowest BCUT2D eigenvalue weighted by atomic mass is 9.37. The minimum Gasteiger partial charge on any atom is -0.493 e. The highest BCUT2D eigenvalue weighted by Gasteiger charge is 2.87. The van der Waals surface area contributed by atoms with Crippen LogP contribution < -0.4 is 14.4 Å². The van der Waals surface area contributed by atoms with Crippen LogP contribution in [-0.4, -0.2) is 80.8 Å². The Balaban J connectivity index is 1.76. The first kappa shape index (κ1) is 22.0. The summed E-state index contributed by atoms with van der Waals surface area (Å²) < 4.78 is 22.0. The summed E-state index contributed by atoms with van der Waals surface area (Å²) in [6.07, 6.45) is 3.60. The van der Waals surface area contributed by atoms with Crippen molar-refractivity contribution in [3.05, 3.63) is 17.7 Å². The lowest BCUT2D eigenvalue weighted by Gasteiger charge is -2.71. The van der Waals surface area contributed by atoms with Crippen molar-refractivity contribution in [2.75, 3.05) is 46.4 Å². The molecule has 9 heteroatoms. The van der Waals surface area contributed by atoms with Crippen LogP contribution in [-0.2, 0) is 19.7 Å². The van der Waals surface area contributed by atoms with E-state index in [0.717, 1.165) is 37.9 Å². The fourth-order valence-corrected chi connectivity index (χ4v) is 9.10. The molecule has 7 rings (SSSR count). The van der Waals surface area contributed by atoms with Crippen molar-refractivity contribution in [1.82, 2.24) is 4.90 Å². The van der Waals surface area contributed by atoms with Gasteiger partial charge in [0.05, 0.1) is 34.1 Å². The highest BCUT2D eigenvalue weighted by atomic mass is 16.6. The molecule has 3 heterocycles. The summed E-state index contributed by atoms with van der Waals surface area (Å²) in [4.78, 5) is 31.2. The van der Waals surface area contributed by atoms with Crippen LogP contribution in [0.3, 0.4) is 0 Å². The van der Waals surface area contributed by atoms with E-state index >= 15 is 0 Å². The van der Waals surface area contributed by atoms with E-state index < -0.39 is 28.6 Å². The highest BCUT2D eigenvalue weighted by molar-refractivity contribution is 6.01. The second kappa shape index (κ2) is 6.79. The molecule has 6 aliphatic rings. The molecule has 9 nitrogen and oxygen atoms in total. The van der Waals surface area contributed by atoms with Gasteiger partial charge in [-0.1, -0.05) is 6.07 Å². The van der Waals surface area contributed by atoms with Crippen molar-refractivity contribution in [2.24, 2.45) is 5.41 Å². The standard InChI is InChI=1S/C25H32N2O7/c1-31-16-7-6-15-17(18(16)32-2)27(21(29)34-4)25-10-9-22(14-24(25,30)20(28)33-3)8-5-12-26-13-11-23(15,25)19(22)26/h6-7,19,30H,5,8-14H2,1-4H3/t19-,22+,23+,24+,25+/m0/s1. The molecule has 0 aromatic heterocycles. The van der Waals surface area contributed by atoms with E-state index in [1.54, 1.807) is 7.11 Å². The van der Waals surface area contributed by atoms with E-state index in [-0.39, 0.29) is 17.9 Å². The fourth-order valence-electron chi connectivity index (χ4n) is 9.10. The zero-order valence-electron chi connectivity index (χ0n) is 20.2. The van der Waals surface area contributed by atoms with E-state index in [0.29, 0.717) is 30.0 Å². The summed E-state index contributed by atoms with van der Waals surface area (Å²) in [6, 6.07) is 3.95. The van der Waals surface area contributed by atoms with Gasteiger partial charge in [-0.2, -0.15) is 0 Å². The summed E-state index contributed by atoms with van der Waals surface area (Å²) in [5.74, 6) is 0.189. The molecule has 2 bridgehead atoms. The molecule has 5 atom stereocenters. The van der Waals surface area contributed by atoms with Crippen molar-refractivity contribution >= 4 is 17.7 Å². The number of nitrogens with zero attached hydrogens (tertiary/aromatic N) is 2. The summed E-state index contributed by atoms with van der Waals surface area (Å²) in [5, 5.41) is 12.5. The molecular formula is C25H32N2O7. The number of esters is 1. The second-order valence-corrected chi connectivity index (χ2v) is 10.5. The third kappa shape index (κ3) is 2.03. The number of rotatable bonds is 3. The van der Waals surface area contributed by atoms with E-state index in [1.165, 1.54) is 26.2 Å². The molecule has 184 valence electrons. The van der Waals surface area contributed by atoms with Crippen LogP contribution in [0.15, 0.2) is 12.1 Å². The molecule has 1 aromatic rings. The Labute approximate surface area is 198 Å². The number of hydrogen-bond acceptors (Lipinski definition) is 8. The van der Waals surface area contributed by atoms with Crippen molar-refractivity contribution in [2.45, 2.75) is 61.1 Å². The average Bonchev–Trinajstić information content (AvgIpc) is 3.38. The molecule has 2 saturated heterocycles. The molecule has 34 heavy (non-hydrogen) atoms. The highest BCUT2D eigenvalue weighted by Crippen LogP contribution is 2.78. The number of amides is 1. The summed E-state index contributed by atoms with van der Waals surface area (Å²) in [7, 11) is 5.72. The Hall–Kier alpha value is -2.52. The molecule has 1 aromatic carbocycles. The van der Waals surface area contributed by atoms with Gasteiger partial charge in [0, 0.05) is 11.5 Å². The molecule has 3 saturated carbocycles. The Morgan fingerprint density at radius 1 is 1.00 bits per heavy atom. The number of anilines is 1. The normalized spacial score (nSPS) is 39.2. The lowest BCUT2D eigenvalue weighted by Crippen LogP contribution is -2.86. The zero-order chi connectivity index (χ0) is 24.1. The van der Waals surface area contributed by atoms with Gasteiger partial charge in [-0.25, -0.2) is 9.59 Å². The summed E-state index contributed by atoms with van der Waals surface area (Å²) in [5.41, 5.74) is -2.63. The van der Waals surface area contributed by atoms with E-state index in [1.807, 2.05) is 12.1 Å². The van der Waals surface area contributed by atoms with Crippen LogP contribution in [0.1, 0.15) is 44.1 Å². The summed E-state index contributed by atoms with van der Waals surface area (Å²) in [6.45, 7) is 1.82. The first-order valence-corrected chi connectivity index (χ1v) is 12.0. The van der Waals surface area contributed by atoms with Crippen molar-refractivity contribution < 1.29 is 33.6 Å². The predicted molar refractivity (Wildman–Crippen MR) is 121 cm³/mol. The van der Waals surface area contributed by atoms with Crippen molar-refractivity contribution in [3.8, 4) is 11.5 Å². The molecule has 3 aliphatic heterocycles. The third-order valence-electron chi connectivity index (χ3n) is 9.83. The van der Waals surface area contributed by atoms with Crippen LogP contribution in [0.4, 0.5) is 10.5 Å². The van der Waals surface area contributed by atoms with Gasteiger partial charge in [0.25, 0.3) is 0 Å².